The summed E-state index contributed by atoms with van der Waals surface area (Å²) >= 11 is 0. The zero-order valence-electron chi connectivity index (χ0n) is 13.6. The zero-order valence-corrected chi connectivity index (χ0v) is 13.6. The van der Waals surface area contributed by atoms with E-state index in [2.05, 4.69) is 17.2 Å². The highest BCUT2D eigenvalue weighted by Gasteiger charge is 2.05. The van der Waals surface area contributed by atoms with Gasteiger partial charge in [0, 0.05) is 18.1 Å². The van der Waals surface area contributed by atoms with Gasteiger partial charge in [-0.3, -0.25) is 9.78 Å². The van der Waals surface area contributed by atoms with Gasteiger partial charge in [0.15, 0.2) is 0 Å². The van der Waals surface area contributed by atoms with E-state index in [1.165, 1.54) is 25.7 Å². The highest BCUT2D eigenvalue weighted by atomic mass is 16.5. The first-order valence-corrected chi connectivity index (χ1v) is 8.24. The molecule has 1 aromatic heterocycles. The molecule has 4 heteroatoms. The number of hydrogen-bond donors (Lipinski definition) is 1. The number of aromatic nitrogens is 1. The topological polar surface area (TPSA) is 51.2 Å². The molecule has 0 aliphatic heterocycles. The number of carbonyl (C=O) groups excluding carboxylic acids is 1. The van der Waals surface area contributed by atoms with E-state index in [9.17, 15) is 4.79 Å². The van der Waals surface area contributed by atoms with Gasteiger partial charge in [-0.1, -0.05) is 32.6 Å². The fourth-order valence-corrected chi connectivity index (χ4v) is 2.23. The average Bonchev–Trinajstić information content (AvgIpc) is 2.60. The third-order valence-corrected chi connectivity index (χ3v) is 3.55. The van der Waals surface area contributed by atoms with Gasteiger partial charge in [0.2, 0.25) is 0 Å². The molecular weight excluding hydrogens is 288 g/mol. The Morgan fingerprint density at radius 3 is 2.57 bits per heavy atom. The number of ether oxygens (including phenoxy) is 1. The van der Waals surface area contributed by atoms with Crippen molar-refractivity contribution in [3.05, 3.63) is 54.4 Å². The van der Waals surface area contributed by atoms with Crippen molar-refractivity contribution in [3.63, 3.8) is 0 Å². The highest BCUT2D eigenvalue weighted by molar-refractivity contribution is 6.04. The molecule has 0 aliphatic carbocycles. The normalized spacial score (nSPS) is 10.3. The third kappa shape index (κ3) is 6.10. The largest absolute Gasteiger partial charge is 0.494 e. The lowest BCUT2D eigenvalue weighted by Crippen LogP contribution is -2.11. The van der Waals surface area contributed by atoms with Crippen LogP contribution in [0.1, 0.15) is 49.4 Å². The molecule has 0 bridgehead atoms. The maximum atomic E-state index is 12.0. The van der Waals surface area contributed by atoms with Gasteiger partial charge in [0.1, 0.15) is 5.75 Å². The van der Waals surface area contributed by atoms with Gasteiger partial charge < -0.3 is 10.1 Å². The standard InChI is InChI=1S/C19H24N2O2/c1-2-3-4-5-6-14-23-18-11-9-17(10-12-18)21-19(22)16-8-7-13-20-15-16/h7-13,15H,2-6,14H2,1H3,(H,21,22). The summed E-state index contributed by atoms with van der Waals surface area (Å²) in [4.78, 5) is 16.0. The lowest BCUT2D eigenvalue weighted by Gasteiger charge is -2.08. The van der Waals surface area contributed by atoms with E-state index in [1.54, 1.807) is 24.5 Å². The minimum atomic E-state index is -0.164. The van der Waals surface area contributed by atoms with Crippen molar-refractivity contribution < 1.29 is 9.53 Å². The molecule has 0 saturated heterocycles. The SMILES string of the molecule is CCCCCCCOc1ccc(NC(=O)c2cccnc2)cc1. The molecule has 0 unspecified atom stereocenters. The maximum Gasteiger partial charge on any atom is 0.257 e. The maximum absolute atomic E-state index is 12.0. The minimum Gasteiger partial charge on any atom is -0.494 e. The Kier molecular flexibility index (Phi) is 7.11. The molecule has 2 rings (SSSR count). The number of benzene rings is 1. The van der Waals surface area contributed by atoms with Crippen molar-refractivity contribution >= 4 is 11.6 Å². The van der Waals surface area contributed by atoms with Gasteiger partial charge in [-0.25, -0.2) is 0 Å². The number of nitrogens with one attached hydrogen (secondary N) is 1. The Morgan fingerprint density at radius 2 is 1.87 bits per heavy atom. The molecule has 4 nitrogen and oxygen atoms in total. The van der Waals surface area contributed by atoms with E-state index in [1.807, 2.05) is 24.3 Å². The van der Waals surface area contributed by atoms with Crippen LogP contribution in [0, 0.1) is 0 Å². The zero-order chi connectivity index (χ0) is 16.3. The number of nitrogens with zero attached hydrogens (tertiary/aromatic N) is 1. The van der Waals surface area contributed by atoms with Crippen molar-refractivity contribution in [3.8, 4) is 5.75 Å². The van der Waals surface area contributed by atoms with E-state index >= 15 is 0 Å². The Balaban J connectivity index is 1.75. The summed E-state index contributed by atoms with van der Waals surface area (Å²) in [5.41, 5.74) is 1.29. The van der Waals surface area contributed by atoms with Crippen LogP contribution in [0.3, 0.4) is 0 Å². The van der Waals surface area contributed by atoms with E-state index in [4.69, 9.17) is 4.74 Å². The molecule has 1 aromatic carbocycles. The van der Waals surface area contributed by atoms with Crippen molar-refractivity contribution in [1.29, 1.82) is 0 Å². The van der Waals surface area contributed by atoms with Crippen LogP contribution in [0.5, 0.6) is 5.75 Å². The molecular formula is C19H24N2O2. The summed E-state index contributed by atoms with van der Waals surface area (Å²) in [5, 5.41) is 2.84. The Hall–Kier alpha value is -2.36. The summed E-state index contributed by atoms with van der Waals surface area (Å²) in [5.74, 6) is 0.669. The summed E-state index contributed by atoms with van der Waals surface area (Å²) in [6.45, 7) is 2.95. The lowest BCUT2D eigenvalue weighted by atomic mass is 10.2. The monoisotopic (exact) mass is 312 g/mol. The van der Waals surface area contributed by atoms with E-state index in [-0.39, 0.29) is 5.91 Å². The summed E-state index contributed by atoms with van der Waals surface area (Å²) in [6, 6.07) is 10.9. The van der Waals surface area contributed by atoms with Gasteiger partial charge in [0.05, 0.1) is 12.2 Å². The number of anilines is 1. The van der Waals surface area contributed by atoms with Crippen LogP contribution in [-0.2, 0) is 0 Å². The third-order valence-electron chi connectivity index (χ3n) is 3.55. The average molecular weight is 312 g/mol. The summed E-state index contributed by atoms with van der Waals surface area (Å²) < 4.78 is 5.71. The predicted octanol–water partition coefficient (Wildman–Crippen LogP) is 4.68. The first-order valence-electron chi connectivity index (χ1n) is 8.24. The Labute approximate surface area is 137 Å². The molecule has 1 amide bonds. The summed E-state index contributed by atoms with van der Waals surface area (Å²) in [7, 11) is 0. The highest BCUT2D eigenvalue weighted by Crippen LogP contribution is 2.17. The van der Waals surface area contributed by atoms with Crippen LogP contribution in [0.4, 0.5) is 5.69 Å². The molecule has 2 aromatic rings. The second-order valence-corrected chi connectivity index (χ2v) is 5.48. The second-order valence-electron chi connectivity index (χ2n) is 5.48. The van der Waals surface area contributed by atoms with Crippen LogP contribution in [0.15, 0.2) is 48.8 Å². The van der Waals surface area contributed by atoms with Crippen LogP contribution in [0.25, 0.3) is 0 Å². The first-order chi connectivity index (χ1) is 11.3. The predicted molar refractivity (Wildman–Crippen MR) is 92.9 cm³/mol. The Bertz CT molecular complexity index is 582. The molecule has 1 N–H and O–H groups in total. The molecule has 1 heterocycles. The molecule has 23 heavy (non-hydrogen) atoms. The molecule has 0 aliphatic rings. The van der Waals surface area contributed by atoms with Gasteiger partial charge in [-0.15, -0.1) is 0 Å². The number of pyridine rings is 1. The van der Waals surface area contributed by atoms with Gasteiger partial charge >= 0.3 is 0 Å². The number of carbonyl (C=O) groups is 1. The van der Waals surface area contributed by atoms with Crippen LogP contribution in [-0.4, -0.2) is 17.5 Å². The van der Waals surface area contributed by atoms with E-state index < -0.39 is 0 Å². The molecule has 0 radical (unpaired) electrons. The molecule has 122 valence electrons. The molecule has 0 spiro atoms. The molecule has 0 atom stereocenters. The van der Waals surface area contributed by atoms with Gasteiger partial charge in [0.25, 0.3) is 5.91 Å². The smallest absolute Gasteiger partial charge is 0.257 e. The van der Waals surface area contributed by atoms with E-state index in [0.29, 0.717) is 5.56 Å². The minimum absolute atomic E-state index is 0.164. The fourth-order valence-electron chi connectivity index (χ4n) is 2.23. The summed E-state index contributed by atoms with van der Waals surface area (Å²) in [6.07, 6.45) is 9.32. The number of unbranched alkanes of at least 4 members (excludes halogenated alkanes) is 4. The van der Waals surface area contributed by atoms with Crippen molar-refractivity contribution in [2.45, 2.75) is 39.0 Å². The van der Waals surface area contributed by atoms with E-state index in [0.717, 1.165) is 24.5 Å². The quantitative estimate of drug-likeness (QED) is 0.684. The first kappa shape index (κ1) is 17.0. The fraction of sp³-hybridized carbons (Fsp3) is 0.368. The Morgan fingerprint density at radius 1 is 1.09 bits per heavy atom. The van der Waals surface area contributed by atoms with Crippen LogP contribution >= 0.6 is 0 Å². The molecule has 0 fully saturated rings. The number of rotatable bonds is 9. The second kappa shape index (κ2) is 9.62. The van der Waals surface area contributed by atoms with Crippen molar-refractivity contribution in [2.24, 2.45) is 0 Å². The lowest BCUT2D eigenvalue weighted by molar-refractivity contribution is 0.102. The van der Waals surface area contributed by atoms with Gasteiger partial charge in [-0.2, -0.15) is 0 Å². The van der Waals surface area contributed by atoms with Crippen LogP contribution < -0.4 is 10.1 Å². The molecule has 0 saturated carbocycles. The van der Waals surface area contributed by atoms with Crippen molar-refractivity contribution in [2.75, 3.05) is 11.9 Å². The number of amides is 1. The van der Waals surface area contributed by atoms with Crippen LogP contribution in [0.2, 0.25) is 0 Å². The van der Waals surface area contributed by atoms with Gasteiger partial charge in [-0.05, 0) is 42.8 Å². The number of hydrogen-bond acceptors (Lipinski definition) is 3. The van der Waals surface area contributed by atoms with Crippen molar-refractivity contribution in [1.82, 2.24) is 4.98 Å².